The zero-order chi connectivity index (χ0) is 25.6. The Balaban J connectivity index is 1.82. The second-order valence-electron chi connectivity index (χ2n) is 8.05. The highest BCUT2D eigenvalue weighted by atomic mass is 79.9. The minimum Gasteiger partial charge on any atom is -0.497 e. The third-order valence-electron chi connectivity index (χ3n) is 6.19. The molecule has 0 fully saturated rings. The fourth-order valence-electron chi connectivity index (χ4n) is 4.53. The van der Waals surface area contributed by atoms with Gasteiger partial charge in [-0.3, -0.25) is 14.5 Å². The van der Waals surface area contributed by atoms with Crippen molar-refractivity contribution in [1.82, 2.24) is 0 Å². The predicted molar refractivity (Wildman–Crippen MR) is 138 cm³/mol. The van der Waals surface area contributed by atoms with E-state index in [1.807, 2.05) is 0 Å². The molecule has 1 unspecified atom stereocenters. The van der Waals surface area contributed by atoms with Crippen LogP contribution < -0.4 is 29.3 Å². The number of amides is 1. The van der Waals surface area contributed by atoms with Gasteiger partial charge in [-0.25, -0.2) is 0 Å². The number of nitrogens with zero attached hydrogens (tertiary/aromatic N) is 1. The largest absolute Gasteiger partial charge is 0.497 e. The van der Waals surface area contributed by atoms with Gasteiger partial charge >= 0.3 is 0 Å². The van der Waals surface area contributed by atoms with Gasteiger partial charge in [-0.15, -0.1) is 0 Å². The number of rotatable bonds is 6. The third kappa shape index (κ3) is 3.67. The van der Waals surface area contributed by atoms with E-state index in [-0.39, 0.29) is 16.8 Å². The van der Waals surface area contributed by atoms with Gasteiger partial charge in [-0.05, 0) is 60.2 Å². The summed E-state index contributed by atoms with van der Waals surface area (Å²) >= 11 is 3.42. The van der Waals surface area contributed by atoms with Gasteiger partial charge in [0.15, 0.2) is 16.9 Å². The first-order valence-electron chi connectivity index (χ1n) is 11.0. The highest BCUT2D eigenvalue weighted by Gasteiger charge is 2.44. The van der Waals surface area contributed by atoms with Gasteiger partial charge in [0, 0.05) is 10.2 Å². The SMILES string of the molecule is COc1ccc(N2C(=O)c3oc4ccc(Br)cc4c(=O)c3C2c2cc(OC)c(OC)c(OC)c2)cc1. The Bertz CT molecular complexity index is 1520. The van der Waals surface area contributed by atoms with Crippen LogP contribution in [0.15, 0.2) is 68.3 Å². The summed E-state index contributed by atoms with van der Waals surface area (Å²) in [5.41, 5.74) is 1.42. The molecule has 1 aromatic heterocycles. The Labute approximate surface area is 215 Å². The molecule has 1 aliphatic rings. The summed E-state index contributed by atoms with van der Waals surface area (Å²) in [5, 5.41) is 0.366. The third-order valence-corrected chi connectivity index (χ3v) is 6.68. The van der Waals surface area contributed by atoms with Crippen molar-refractivity contribution >= 4 is 38.5 Å². The molecule has 0 spiro atoms. The standard InChI is InChI=1S/C27H22BrNO7/c1-32-17-8-6-16(7-9-17)29-23(14-11-20(33-2)25(35-4)21(12-14)34-3)22-24(30)18-13-15(28)5-10-19(18)36-26(22)27(29)31/h5-13,23H,1-4H3. The number of anilines is 1. The second kappa shape index (κ2) is 9.23. The van der Waals surface area contributed by atoms with Crippen LogP contribution in [0.2, 0.25) is 0 Å². The molecular weight excluding hydrogens is 530 g/mol. The van der Waals surface area contributed by atoms with E-state index in [0.717, 1.165) is 4.47 Å². The molecule has 5 rings (SSSR count). The normalized spacial score (nSPS) is 14.6. The van der Waals surface area contributed by atoms with E-state index >= 15 is 0 Å². The summed E-state index contributed by atoms with van der Waals surface area (Å²) in [5.74, 6) is 1.39. The summed E-state index contributed by atoms with van der Waals surface area (Å²) in [4.78, 5) is 29.2. The summed E-state index contributed by atoms with van der Waals surface area (Å²) < 4.78 is 28.6. The van der Waals surface area contributed by atoms with Crippen LogP contribution >= 0.6 is 15.9 Å². The molecule has 0 saturated heterocycles. The van der Waals surface area contributed by atoms with Crippen LogP contribution in [-0.4, -0.2) is 34.3 Å². The van der Waals surface area contributed by atoms with E-state index < -0.39 is 11.9 Å². The molecule has 0 N–H and O–H groups in total. The zero-order valence-corrected chi connectivity index (χ0v) is 21.5. The lowest BCUT2D eigenvalue weighted by molar-refractivity contribution is 0.0971. The van der Waals surface area contributed by atoms with Crippen LogP contribution in [0.1, 0.15) is 27.7 Å². The second-order valence-corrected chi connectivity index (χ2v) is 8.96. The van der Waals surface area contributed by atoms with Crippen molar-refractivity contribution in [3.8, 4) is 23.0 Å². The van der Waals surface area contributed by atoms with Crippen molar-refractivity contribution in [3.63, 3.8) is 0 Å². The van der Waals surface area contributed by atoms with Crippen LogP contribution in [0.25, 0.3) is 11.0 Å². The minimum atomic E-state index is -0.811. The molecule has 9 heteroatoms. The van der Waals surface area contributed by atoms with Crippen molar-refractivity contribution in [2.24, 2.45) is 0 Å². The van der Waals surface area contributed by atoms with Gasteiger partial charge in [0.05, 0.1) is 45.4 Å². The van der Waals surface area contributed by atoms with Crippen molar-refractivity contribution < 1.29 is 28.2 Å². The molecule has 1 atom stereocenters. The molecule has 0 bridgehead atoms. The van der Waals surface area contributed by atoms with Gasteiger partial charge in [-0.1, -0.05) is 15.9 Å². The zero-order valence-electron chi connectivity index (χ0n) is 20.0. The van der Waals surface area contributed by atoms with Crippen molar-refractivity contribution in [2.45, 2.75) is 6.04 Å². The van der Waals surface area contributed by atoms with Gasteiger partial charge in [0.2, 0.25) is 11.5 Å². The first-order chi connectivity index (χ1) is 17.4. The number of carbonyl (C=O) groups is 1. The van der Waals surface area contributed by atoms with E-state index in [1.54, 1.807) is 61.7 Å². The predicted octanol–water partition coefficient (Wildman–Crippen LogP) is 5.34. The van der Waals surface area contributed by atoms with Crippen molar-refractivity contribution in [1.29, 1.82) is 0 Å². The Morgan fingerprint density at radius 3 is 2.08 bits per heavy atom. The number of benzene rings is 3. The van der Waals surface area contributed by atoms with E-state index in [2.05, 4.69) is 15.9 Å². The van der Waals surface area contributed by atoms with E-state index in [0.29, 0.717) is 45.2 Å². The van der Waals surface area contributed by atoms with Crippen LogP contribution in [0.5, 0.6) is 23.0 Å². The number of hydrogen-bond donors (Lipinski definition) is 0. The molecule has 2 heterocycles. The number of ether oxygens (including phenoxy) is 4. The average molecular weight is 552 g/mol. The Morgan fingerprint density at radius 1 is 0.833 bits per heavy atom. The van der Waals surface area contributed by atoms with Crippen molar-refractivity contribution in [2.75, 3.05) is 33.3 Å². The van der Waals surface area contributed by atoms with Gasteiger partial charge < -0.3 is 23.4 Å². The molecule has 8 nitrogen and oxygen atoms in total. The number of halogens is 1. The lowest BCUT2D eigenvalue weighted by Gasteiger charge is -2.26. The highest BCUT2D eigenvalue weighted by molar-refractivity contribution is 9.10. The van der Waals surface area contributed by atoms with Crippen LogP contribution in [0.4, 0.5) is 5.69 Å². The molecular formula is C27H22BrNO7. The lowest BCUT2D eigenvalue weighted by atomic mass is 9.97. The molecule has 1 amide bonds. The maximum Gasteiger partial charge on any atom is 0.295 e. The molecule has 0 aliphatic carbocycles. The van der Waals surface area contributed by atoms with Gasteiger partial charge in [-0.2, -0.15) is 0 Å². The van der Waals surface area contributed by atoms with E-state index in [4.69, 9.17) is 23.4 Å². The fourth-order valence-corrected chi connectivity index (χ4v) is 4.89. The number of hydrogen-bond acceptors (Lipinski definition) is 7. The number of methoxy groups -OCH3 is 4. The van der Waals surface area contributed by atoms with Crippen molar-refractivity contribution in [3.05, 3.63) is 86.2 Å². The quantitative estimate of drug-likeness (QED) is 0.319. The lowest BCUT2D eigenvalue weighted by Crippen LogP contribution is -2.29. The Morgan fingerprint density at radius 2 is 1.50 bits per heavy atom. The fraction of sp³-hybridized carbons (Fsp3) is 0.185. The summed E-state index contributed by atoms with van der Waals surface area (Å²) in [6.45, 7) is 0. The summed E-state index contributed by atoms with van der Waals surface area (Å²) in [6.07, 6.45) is 0. The van der Waals surface area contributed by atoms with Crippen LogP contribution in [0, 0.1) is 0 Å². The summed E-state index contributed by atoms with van der Waals surface area (Å²) in [7, 11) is 6.10. The maximum atomic E-state index is 13.8. The number of carbonyl (C=O) groups excluding carboxylic acids is 1. The molecule has 0 radical (unpaired) electrons. The molecule has 4 aromatic rings. The first-order valence-corrected chi connectivity index (χ1v) is 11.7. The average Bonchev–Trinajstić information content (AvgIpc) is 3.20. The highest BCUT2D eigenvalue weighted by Crippen LogP contribution is 2.46. The molecule has 1 aliphatic heterocycles. The Kier molecular flexibility index (Phi) is 6.09. The first kappa shape index (κ1) is 23.7. The number of fused-ring (bicyclic) bond motifs is 2. The minimum absolute atomic E-state index is 0.00982. The summed E-state index contributed by atoms with van der Waals surface area (Å²) in [6, 6.07) is 14.8. The smallest absolute Gasteiger partial charge is 0.295 e. The molecule has 3 aromatic carbocycles. The topological polar surface area (TPSA) is 87.4 Å². The van der Waals surface area contributed by atoms with E-state index in [1.165, 1.54) is 26.2 Å². The van der Waals surface area contributed by atoms with Gasteiger partial charge in [0.1, 0.15) is 11.3 Å². The molecule has 0 saturated carbocycles. The van der Waals surface area contributed by atoms with Crippen LogP contribution in [0.3, 0.4) is 0 Å². The monoisotopic (exact) mass is 551 g/mol. The Hall–Kier alpha value is -3.98. The maximum absolute atomic E-state index is 13.8. The molecule has 36 heavy (non-hydrogen) atoms. The van der Waals surface area contributed by atoms with E-state index in [9.17, 15) is 9.59 Å². The van der Waals surface area contributed by atoms with Crippen LogP contribution in [-0.2, 0) is 0 Å². The molecule has 184 valence electrons. The van der Waals surface area contributed by atoms with Gasteiger partial charge in [0.25, 0.3) is 5.91 Å².